The van der Waals surface area contributed by atoms with Gasteiger partial charge in [0.05, 0.1) is 7.11 Å². The number of hydrogen-bond acceptors (Lipinski definition) is 3. The molecule has 0 fully saturated rings. The average molecular weight is 292 g/mol. The van der Waals surface area contributed by atoms with Crippen molar-refractivity contribution in [2.24, 2.45) is 0 Å². The van der Waals surface area contributed by atoms with E-state index in [2.05, 4.69) is 5.32 Å². The molecule has 0 radical (unpaired) electrons. The van der Waals surface area contributed by atoms with Crippen molar-refractivity contribution in [3.63, 3.8) is 0 Å². The van der Waals surface area contributed by atoms with Gasteiger partial charge in [-0.1, -0.05) is 17.7 Å². The number of aromatic hydroxyl groups is 1. The van der Waals surface area contributed by atoms with Crippen LogP contribution in [0.5, 0.6) is 11.5 Å². The van der Waals surface area contributed by atoms with Crippen molar-refractivity contribution in [1.82, 2.24) is 0 Å². The van der Waals surface area contributed by atoms with Crippen molar-refractivity contribution in [1.29, 1.82) is 0 Å². The highest BCUT2D eigenvalue weighted by atomic mass is 35.5. The molecule has 0 spiro atoms. The maximum absolute atomic E-state index is 9.94. The molecule has 0 saturated carbocycles. The van der Waals surface area contributed by atoms with Crippen LogP contribution in [-0.2, 0) is 6.54 Å². The van der Waals surface area contributed by atoms with E-state index in [1.165, 1.54) is 0 Å². The lowest BCUT2D eigenvalue weighted by atomic mass is 10.1. The van der Waals surface area contributed by atoms with Gasteiger partial charge in [-0.15, -0.1) is 0 Å². The first-order valence-corrected chi connectivity index (χ1v) is 6.76. The molecule has 3 nitrogen and oxygen atoms in total. The fourth-order valence-electron chi connectivity index (χ4n) is 2.10. The van der Waals surface area contributed by atoms with Gasteiger partial charge in [-0.3, -0.25) is 0 Å². The first-order chi connectivity index (χ1) is 9.52. The van der Waals surface area contributed by atoms with E-state index in [1.807, 2.05) is 38.1 Å². The third kappa shape index (κ3) is 2.99. The lowest BCUT2D eigenvalue weighted by Gasteiger charge is -2.14. The Morgan fingerprint density at radius 3 is 2.65 bits per heavy atom. The predicted molar refractivity (Wildman–Crippen MR) is 82.9 cm³/mol. The molecular formula is C16H18ClNO2. The fraction of sp³-hybridized carbons (Fsp3) is 0.250. The summed E-state index contributed by atoms with van der Waals surface area (Å²) in [4.78, 5) is 0. The van der Waals surface area contributed by atoms with Crippen LogP contribution in [0.2, 0.25) is 5.02 Å². The average Bonchev–Trinajstić information content (AvgIpc) is 2.44. The van der Waals surface area contributed by atoms with Crippen molar-refractivity contribution in [3.05, 3.63) is 52.0 Å². The van der Waals surface area contributed by atoms with Crippen LogP contribution in [-0.4, -0.2) is 12.2 Å². The van der Waals surface area contributed by atoms with Gasteiger partial charge in [-0.25, -0.2) is 0 Å². The third-order valence-corrected chi connectivity index (χ3v) is 3.58. The number of methoxy groups -OCH3 is 1. The lowest BCUT2D eigenvalue weighted by Crippen LogP contribution is -2.03. The molecule has 0 aliphatic rings. The molecular weight excluding hydrogens is 274 g/mol. The van der Waals surface area contributed by atoms with Crippen LogP contribution in [0.15, 0.2) is 30.3 Å². The number of halogens is 1. The Morgan fingerprint density at radius 2 is 1.95 bits per heavy atom. The number of nitrogens with one attached hydrogen (secondary N) is 1. The Bertz CT molecular complexity index is 626. The van der Waals surface area contributed by atoms with Crippen molar-refractivity contribution in [2.45, 2.75) is 20.4 Å². The molecule has 0 saturated heterocycles. The quantitative estimate of drug-likeness (QED) is 0.883. The van der Waals surface area contributed by atoms with Gasteiger partial charge < -0.3 is 15.2 Å². The second-order valence-electron chi connectivity index (χ2n) is 4.71. The van der Waals surface area contributed by atoms with E-state index in [-0.39, 0.29) is 0 Å². The Kier molecular flexibility index (Phi) is 4.40. The summed E-state index contributed by atoms with van der Waals surface area (Å²) in [6.45, 7) is 4.35. The van der Waals surface area contributed by atoms with Crippen molar-refractivity contribution in [2.75, 3.05) is 12.4 Å². The molecule has 0 bridgehead atoms. The van der Waals surface area contributed by atoms with Gasteiger partial charge in [0.15, 0.2) is 0 Å². The summed E-state index contributed by atoms with van der Waals surface area (Å²) < 4.78 is 5.31. The maximum Gasteiger partial charge on any atom is 0.123 e. The number of anilines is 1. The van der Waals surface area contributed by atoms with E-state index in [4.69, 9.17) is 16.3 Å². The summed E-state index contributed by atoms with van der Waals surface area (Å²) in [5, 5.41) is 13.9. The summed E-state index contributed by atoms with van der Waals surface area (Å²) >= 11 is 6.01. The van der Waals surface area contributed by atoms with Crippen LogP contribution in [0, 0.1) is 13.8 Å². The first kappa shape index (κ1) is 14.5. The van der Waals surface area contributed by atoms with Gasteiger partial charge in [0.25, 0.3) is 0 Å². The van der Waals surface area contributed by atoms with E-state index in [9.17, 15) is 5.11 Å². The molecule has 106 valence electrons. The normalized spacial score (nSPS) is 10.4. The van der Waals surface area contributed by atoms with E-state index in [0.717, 1.165) is 28.1 Å². The van der Waals surface area contributed by atoms with Gasteiger partial charge >= 0.3 is 0 Å². The molecule has 2 aromatic rings. The van der Waals surface area contributed by atoms with Gasteiger partial charge in [-0.2, -0.15) is 0 Å². The van der Waals surface area contributed by atoms with Crippen molar-refractivity contribution in [3.8, 4) is 11.5 Å². The molecule has 2 rings (SSSR count). The maximum atomic E-state index is 9.94. The molecule has 0 heterocycles. The zero-order valence-electron chi connectivity index (χ0n) is 11.8. The van der Waals surface area contributed by atoms with E-state index in [0.29, 0.717) is 17.3 Å². The molecule has 2 N–H and O–H groups in total. The minimum Gasteiger partial charge on any atom is -0.507 e. The Labute approximate surface area is 124 Å². The van der Waals surface area contributed by atoms with Crippen LogP contribution in [0.1, 0.15) is 16.7 Å². The van der Waals surface area contributed by atoms with Crippen LogP contribution in [0.3, 0.4) is 0 Å². The molecule has 0 aromatic heterocycles. The Morgan fingerprint density at radius 1 is 1.20 bits per heavy atom. The SMILES string of the molecule is COc1ccc(Cl)cc1CNc1ccc(C)c(O)c1C. The minimum absolute atomic E-state index is 0.327. The molecule has 2 aromatic carbocycles. The van der Waals surface area contributed by atoms with Gasteiger partial charge in [0, 0.05) is 28.4 Å². The zero-order chi connectivity index (χ0) is 14.7. The third-order valence-electron chi connectivity index (χ3n) is 3.34. The van der Waals surface area contributed by atoms with Gasteiger partial charge in [0.2, 0.25) is 0 Å². The second-order valence-corrected chi connectivity index (χ2v) is 5.15. The Balaban J connectivity index is 2.21. The van der Waals surface area contributed by atoms with Crippen molar-refractivity contribution < 1.29 is 9.84 Å². The van der Waals surface area contributed by atoms with Crippen molar-refractivity contribution >= 4 is 17.3 Å². The minimum atomic E-state index is 0.327. The lowest BCUT2D eigenvalue weighted by molar-refractivity contribution is 0.410. The molecule has 0 aliphatic heterocycles. The highest BCUT2D eigenvalue weighted by molar-refractivity contribution is 6.30. The number of benzene rings is 2. The molecule has 4 heteroatoms. The molecule has 0 aliphatic carbocycles. The second kappa shape index (κ2) is 6.06. The molecule has 0 atom stereocenters. The topological polar surface area (TPSA) is 41.5 Å². The zero-order valence-corrected chi connectivity index (χ0v) is 12.6. The highest BCUT2D eigenvalue weighted by Crippen LogP contribution is 2.29. The number of rotatable bonds is 4. The molecule has 0 unspecified atom stereocenters. The van der Waals surface area contributed by atoms with Gasteiger partial charge in [-0.05, 0) is 43.7 Å². The van der Waals surface area contributed by atoms with Crippen LogP contribution < -0.4 is 10.1 Å². The van der Waals surface area contributed by atoms with E-state index in [1.54, 1.807) is 13.2 Å². The monoisotopic (exact) mass is 291 g/mol. The number of phenolic OH excluding ortho intramolecular Hbond substituents is 1. The summed E-state index contributed by atoms with van der Waals surface area (Å²) in [5.41, 5.74) is 3.58. The standard InChI is InChI=1S/C16H18ClNO2/c1-10-4-6-14(11(2)16(10)19)18-9-12-8-13(17)5-7-15(12)20-3/h4-8,18-19H,9H2,1-3H3. The number of hydrogen-bond donors (Lipinski definition) is 2. The highest BCUT2D eigenvalue weighted by Gasteiger charge is 2.08. The number of ether oxygens (including phenoxy) is 1. The summed E-state index contributed by atoms with van der Waals surface area (Å²) in [6.07, 6.45) is 0. The van der Waals surface area contributed by atoms with Gasteiger partial charge in [0.1, 0.15) is 11.5 Å². The summed E-state index contributed by atoms with van der Waals surface area (Å²) in [6, 6.07) is 9.36. The smallest absolute Gasteiger partial charge is 0.123 e. The Hall–Kier alpha value is -1.87. The van der Waals surface area contributed by atoms with Crippen LogP contribution in [0.4, 0.5) is 5.69 Å². The van der Waals surface area contributed by atoms with E-state index >= 15 is 0 Å². The molecule has 20 heavy (non-hydrogen) atoms. The van der Waals surface area contributed by atoms with Crippen LogP contribution in [0.25, 0.3) is 0 Å². The largest absolute Gasteiger partial charge is 0.507 e. The summed E-state index contributed by atoms with van der Waals surface area (Å²) in [5.74, 6) is 1.11. The predicted octanol–water partition coefficient (Wildman–Crippen LogP) is 4.28. The summed E-state index contributed by atoms with van der Waals surface area (Å²) in [7, 11) is 1.63. The number of phenols is 1. The first-order valence-electron chi connectivity index (χ1n) is 6.38. The molecule has 0 amide bonds. The van der Waals surface area contributed by atoms with Crippen LogP contribution >= 0.6 is 11.6 Å². The van der Waals surface area contributed by atoms with E-state index < -0.39 is 0 Å². The fourth-order valence-corrected chi connectivity index (χ4v) is 2.30. The number of aryl methyl sites for hydroxylation is 1.